The minimum atomic E-state index is 1.07. The molecule has 14 heavy (non-hydrogen) atoms. The molecule has 0 bridgehead atoms. The topological polar surface area (TPSA) is 36.8 Å². The van der Waals surface area contributed by atoms with Crippen molar-refractivity contribution in [1.29, 1.82) is 0 Å². The summed E-state index contributed by atoms with van der Waals surface area (Å²) >= 11 is 0. The molecule has 0 atom stereocenters. The molecule has 0 fully saturated rings. The zero-order chi connectivity index (χ0) is 10.4. The molecule has 1 aromatic carbocycles. The van der Waals surface area contributed by atoms with Gasteiger partial charge < -0.3 is 5.32 Å². The quantitative estimate of drug-likeness (QED) is 0.723. The van der Waals surface area contributed by atoms with Crippen LogP contribution in [0.25, 0.3) is 0 Å². The van der Waals surface area contributed by atoms with E-state index in [4.69, 9.17) is 0 Å². The largest absolute Gasteiger partial charge is 0.388 e. The van der Waals surface area contributed by atoms with Crippen molar-refractivity contribution >= 4 is 18.1 Å². The smallest absolute Gasteiger partial charge is 0.0350 e. The summed E-state index contributed by atoms with van der Waals surface area (Å²) in [4.78, 5) is 7.97. The predicted molar refractivity (Wildman–Crippen MR) is 63.0 cm³/mol. The molecule has 74 valence electrons. The number of rotatable bonds is 3. The molecule has 0 aliphatic rings. The fourth-order valence-corrected chi connectivity index (χ4v) is 1.27. The first-order valence-electron chi connectivity index (χ1n) is 4.47. The van der Waals surface area contributed by atoms with Gasteiger partial charge in [-0.1, -0.05) is 0 Å². The average molecular weight is 189 g/mol. The van der Waals surface area contributed by atoms with Crippen LogP contribution in [0, 0.1) is 0 Å². The van der Waals surface area contributed by atoms with E-state index >= 15 is 0 Å². The van der Waals surface area contributed by atoms with Crippen LogP contribution in [-0.4, -0.2) is 33.6 Å². The fourth-order valence-electron chi connectivity index (χ4n) is 1.27. The highest BCUT2D eigenvalue weighted by molar-refractivity contribution is 5.88. The zero-order valence-corrected chi connectivity index (χ0v) is 8.78. The molecule has 1 N–H and O–H groups in total. The minimum absolute atomic E-state index is 1.07. The summed E-state index contributed by atoms with van der Waals surface area (Å²) < 4.78 is 0. The number of hydrogen-bond donors (Lipinski definition) is 1. The molecule has 3 nitrogen and oxygen atoms in total. The van der Waals surface area contributed by atoms with Gasteiger partial charge in [-0.2, -0.15) is 0 Å². The molecule has 0 saturated carbocycles. The lowest BCUT2D eigenvalue weighted by atomic mass is 10.1. The van der Waals surface area contributed by atoms with Crippen LogP contribution in [0.3, 0.4) is 0 Å². The molecule has 0 amide bonds. The molecule has 0 spiro atoms. The van der Waals surface area contributed by atoms with Crippen molar-refractivity contribution in [3.63, 3.8) is 0 Å². The van der Waals surface area contributed by atoms with Gasteiger partial charge >= 0.3 is 0 Å². The molecule has 3 heteroatoms. The molecule has 0 aromatic heterocycles. The monoisotopic (exact) mass is 189 g/mol. The first-order valence-corrected chi connectivity index (χ1v) is 4.47. The Kier molecular flexibility index (Phi) is 3.85. The first-order chi connectivity index (χ1) is 6.80. The summed E-state index contributed by atoms with van der Waals surface area (Å²) in [6, 6.07) is 6.13. The summed E-state index contributed by atoms with van der Waals surface area (Å²) in [5.74, 6) is 0. The lowest BCUT2D eigenvalue weighted by Gasteiger charge is -2.03. The number of aliphatic imine (C=N–C) groups is 2. The molecular weight excluding hydrogens is 174 g/mol. The Balaban J connectivity index is 3.12. The predicted octanol–water partition coefficient (Wildman–Crippen LogP) is 1.83. The molecule has 0 radical (unpaired) electrons. The van der Waals surface area contributed by atoms with E-state index in [-0.39, 0.29) is 0 Å². The van der Waals surface area contributed by atoms with E-state index in [1.54, 1.807) is 14.1 Å². The van der Waals surface area contributed by atoms with Gasteiger partial charge in [-0.05, 0) is 29.3 Å². The maximum atomic E-state index is 3.99. The van der Waals surface area contributed by atoms with E-state index in [1.807, 2.05) is 37.7 Å². The van der Waals surface area contributed by atoms with E-state index in [0.717, 1.165) is 16.8 Å². The summed E-state index contributed by atoms with van der Waals surface area (Å²) in [6.07, 6.45) is 3.65. The molecule has 0 heterocycles. The van der Waals surface area contributed by atoms with E-state index in [0.29, 0.717) is 0 Å². The lowest BCUT2D eigenvalue weighted by Crippen LogP contribution is -1.93. The van der Waals surface area contributed by atoms with Crippen LogP contribution in [0.4, 0.5) is 5.69 Å². The second kappa shape index (κ2) is 5.17. The SMILES string of the molecule is C/N=C/c1cc(/C=N/C)cc(NC)c1. The average Bonchev–Trinajstić information content (AvgIpc) is 2.18. The van der Waals surface area contributed by atoms with Gasteiger partial charge in [0.25, 0.3) is 0 Å². The highest BCUT2D eigenvalue weighted by Gasteiger charge is 1.95. The van der Waals surface area contributed by atoms with Gasteiger partial charge in [0.2, 0.25) is 0 Å². The van der Waals surface area contributed by atoms with Crippen LogP contribution in [0.1, 0.15) is 11.1 Å². The zero-order valence-electron chi connectivity index (χ0n) is 8.78. The second-order valence-corrected chi connectivity index (χ2v) is 2.91. The van der Waals surface area contributed by atoms with Crippen molar-refractivity contribution in [2.24, 2.45) is 9.98 Å². The van der Waals surface area contributed by atoms with E-state index in [1.165, 1.54) is 0 Å². The number of hydrogen-bond acceptors (Lipinski definition) is 3. The van der Waals surface area contributed by atoms with Crippen LogP contribution in [0.5, 0.6) is 0 Å². The Labute approximate surface area is 84.6 Å². The van der Waals surface area contributed by atoms with Gasteiger partial charge in [-0.25, -0.2) is 0 Å². The standard InChI is InChI=1S/C11H15N3/c1-12-7-9-4-10(8-13-2)6-11(5-9)14-3/h4-8,14H,1-3H3/b12-7+,13-8+. The van der Waals surface area contributed by atoms with Crippen molar-refractivity contribution in [2.75, 3.05) is 26.5 Å². The summed E-state index contributed by atoms with van der Waals surface area (Å²) in [7, 11) is 5.42. The molecule has 0 aliphatic carbocycles. The van der Waals surface area contributed by atoms with Crippen molar-refractivity contribution in [3.05, 3.63) is 29.3 Å². The third-order valence-electron chi connectivity index (χ3n) is 1.82. The van der Waals surface area contributed by atoms with Crippen LogP contribution >= 0.6 is 0 Å². The minimum Gasteiger partial charge on any atom is -0.388 e. The van der Waals surface area contributed by atoms with E-state index < -0.39 is 0 Å². The number of anilines is 1. The second-order valence-electron chi connectivity index (χ2n) is 2.91. The Morgan fingerprint density at radius 2 is 1.50 bits per heavy atom. The maximum absolute atomic E-state index is 3.99. The molecule has 0 unspecified atom stereocenters. The van der Waals surface area contributed by atoms with Crippen molar-refractivity contribution in [2.45, 2.75) is 0 Å². The molecule has 1 rings (SSSR count). The van der Waals surface area contributed by atoms with Crippen molar-refractivity contribution in [1.82, 2.24) is 0 Å². The van der Waals surface area contributed by atoms with Crippen LogP contribution in [-0.2, 0) is 0 Å². The first kappa shape index (κ1) is 10.4. The van der Waals surface area contributed by atoms with Crippen LogP contribution in [0.2, 0.25) is 0 Å². The van der Waals surface area contributed by atoms with Crippen LogP contribution in [0.15, 0.2) is 28.2 Å². The van der Waals surface area contributed by atoms with Gasteiger partial charge in [0.1, 0.15) is 0 Å². The van der Waals surface area contributed by atoms with Crippen molar-refractivity contribution in [3.8, 4) is 0 Å². The van der Waals surface area contributed by atoms with Gasteiger partial charge in [-0.15, -0.1) is 0 Å². The Bertz CT molecular complexity index is 323. The maximum Gasteiger partial charge on any atom is 0.0350 e. The molecule has 0 saturated heterocycles. The molecule has 0 aliphatic heterocycles. The number of benzene rings is 1. The Hall–Kier alpha value is -1.64. The summed E-state index contributed by atoms with van der Waals surface area (Å²) in [5, 5.41) is 3.10. The highest BCUT2D eigenvalue weighted by atomic mass is 14.8. The Morgan fingerprint density at radius 1 is 1.00 bits per heavy atom. The molecular formula is C11H15N3. The Morgan fingerprint density at radius 3 is 1.86 bits per heavy atom. The molecule has 1 aromatic rings. The highest BCUT2D eigenvalue weighted by Crippen LogP contribution is 2.12. The van der Waals surface area contributed by atoms with Crippen molar-refractivity contribution < 1.29 is 0 Å². The third kappa shape index (κ3) is 2.69. The number of nitrogens with zero attached hydrogens (tertiary/aromatic N) is 2. The van der Waals surface area contributed by atoms with E-state index in [9.17, 15) is 0 Å². The summed E-state index contributed by atoms with van der Waals surface area (Å²) in [5.41, 5.74) is 3.22. The van der Waals surface area contributed by atoms with E-state index in [2.05, 4.69) is 15.3 Å². The van der Waals surface area contributed by atoms with Gasteiger partial charge in [0.15, 0.2) is 0 Å². The third-order valence-corrected chi connectivity index (χ3v) is 1.82. The summed E-state index contributed by atoms with van der Waals surface area (Å²) in [6.45, 7) is 0. The van der Waals surface area contributed by atoms with Crippen LogP contribution < -0.4 is 5.32 Å². The van der Waals surface area contributed by atoms with Gasteiger partial charge in [0.05, 0.1) is 0 Å². The normalized spacial score (nSPS) is 11.4. The van der Waals surface area contributed by atoms with Gasteiger partial charge in [-0.3, -0.25) is 9.98 Å². The lowest BCUT2D eigenvalue weighted by molar-refractivity contribution is 1.43. The van der Waals surface area contributed by atoms with Gasteiger partial charge in [0, 0.05) is 39.3 Å². The number of nitrogens with one attached hydrogen (secondary N) is 1. The fraction of sp³-hybridized carbons (Fsp3) is 0.273.